The van der Waals surface area contributed by atoms with E-state index in [-0.39, 0.29) is 28.2 Å². The molecule has 2 heterocycles. The summed E-state index contributed by atoms with van der Waals surface area (Å²) in [5.74, 6) is -0.879. The molecule has 1 amide bonds. The molecule has 4 rings (SSSR count). The maximum absolute atomic E-state index is 13.4. The Morgan fingerprint density at radius 3 is 2.64 bits per heavy atom. The number of esters is 1. The summed E-state index contributed by atoms with van der Waals surface area (Å²) in [6, 6.07) is 11.5. The number of methoxy groups -OCH3 is 1. The van der Waals surface area contributed by atoms with E-state index in [0.29, 0.717) is 25.2 Å². The van der Waals surface area contributed by atoms with E-state index in [1.54, 1.807) is 17.0 Å². The maximum Gasteiger partial charge on any atom is 0.342 e. The summed E-state index contributed by atoms with van der Waals surface area (Å²) >= 11 is 0. The monoisotopic (exact) mass is 472 g/mol. The normalized spacial score (nSPS) is 18.1. The Morgan fingerprint density at radius 2 is 1.88 bits per heavy atom. The van der Waals surface area contributed by atoms with Crippen LogP contribution < -0.4 is 9.04 Å². The Labute approximate surface area is 194 Å². The highest BCUT2D eigenvalue weighted by atomic mass is 32.2. The lowest BCUT2D eigenvalue weighted by Gasteiger charge is -2.33. The molecule has 176 valence electrons. The molecule has 0 bridgehead atoms. The Balaban J connectivity index is 1.54. The van der Waals surface area contributed by atoms with Crippen LogP contribution in [0, 0.1) is 0 Å². The van der Waals surface area contributed by atoms with Crippen molar-refractivity contribution in [1.82, 2.24) is 4.90 Å². The fraction of sp³-hybridized carbons (Fsp3) is 0.417. The minimum Gasteiger partial charge on any atom is -0.496 e. The fourth-order valence-electron chi connectivity index (χ4n) is 4.45. The summed E-state index contributed by atoms with van der Waals surface area (Å²) in [6.07, 6.45) is 3.55. The van der Waals surface area contributed by atoms with E-state index in [0.717, 1.165) is 24.8 Å². The third kappa shape index (κ3) is 4.55. The summed E-state index contributed by atoms with van der Waals surface area (Å²) in [7, 11) is -2.51. The Bertz CT molecular complexity index is 1160. The number of carbonyl (C=O) groups is 2. The van der Waals surface area contributed by atoms with E-state index in [9.17, 15) is 18.0 Å². The van der Waals surface area contributed by atoms with Crippen molar-refractivity contribution in [2.24, 2.45) is 0 Å². The van der Waals surface area contributed by atoms with Gasteiger partial charge in [-0.15, -0.1) is 0 Å². The van der Waals surface area contributed by atoms with E-state index >= 15 is 0 Å². The third-order valence-corrected chi connectivity index (χ3v) is 8.08. The zero-order valence-corrected chi connectivity index (χ0v) is 19.6. The molecule has 1 atom stereocenters. The molecule has 2 aliphatic heterocycles. The largest absolute Gasteiger partial charge is 0.496 e. The SMILES string of the molecule is COc1ccc(S(=O)(=O)N2CCc3ccccc32)cc1C(=O)OCC(=O)N1CCCCC1C. The number of hydrogen-bond donors (Lipinski definition) is 0. The van der Waals surface area contributed by atoms with Crippen molar-refractivity contribution < 1.29 is 27.5 Å². The molecule has 0 radical (unpaired) electrons. The smallest absolute Gasteiger partial charge is 0.342 e. The first-order valence-corrected chi connectivity index (χ1v) is 12.5. The van der Waals surface area contributed by atoms with Crippen LogP contribution in [0.5, 0.6) is 5.75 Å². The zero-order chi connectivity index (χ0) is 23.6. The second kappa shape index (κ2) is 9.43. The van der Waals surface area contributed by atoms with Crippen LogP contribution in [0.15, 0.2) is 47.4 Å². The molecule has 0 aliphatic carbocycles. The first-order chi connectivity index (χ1) is 15.8. The van der Waals surface area contributed by atoms with Crippen LogP contribution in [0.25, 0.3) is 0 Å². The molecular weight excluding hydrogens is 444 g/mol. The van der Waals surface area contributed by atoms with E-state index in [2.05, 4.69) is 0 Å². The molecule has 1 unspecified atom stereocenters. The fourth-order valence-corrected chi connectivity index (χ4v) is 5.98. The third-order valence-electron chi connectivity index (χ3n) is 6.27. The van der Waals surface area contributed by atoms with Crippen LogP contribution in [0.3, 0.4) is 0 Å². The molecule has 2 aliphatic rings. The van der Waals surface area contributed by atoms with Crippen molar-refractivity contribution in [2.75, 3.05) is 31.1 Å². The average Bonchev–Trinajstić information content (AvgIpc) is 3.27. The van der Waals surface area contributed by atoms with E-state index in [4.69, 9.17) is 9.47 Å². The highest BCUT2D eigenvalue weighted by Crippen LogP contribution is 2.34. The van der Waals surface area contributed by atoms with Gasteiger partial charge in [-0.25, -0.2) is 13.2 Å². The van der Waals surface area contributed by atoms with Gasteiger partial charge in [0.1, 0.15) is 11.3 Å². The molecular formula is C24H28N2O6S. The van der Waals surface area contributed by atoms with Gasteiger partial charge in [-0.2, -0.15) is 0 Å². The number of benzene rings is 2. The maximum atomic E-state index is 13.4. The van der Waals surface area contributed by atoms with Crippen LogP contribution in [0.1, 0.15) is 42.1 Å². The number of fused-ring (bicyclic) bond motifs is 1. The molecule has 9 heteroatoms. The van der Waals surface area contributed by atoms with Gasteiger partial charge in [-0.3, -0.25) is 9.10 Å². The lowest BCUT2D eigenvalue weighted by molar-refractivity contribution is -0.137. The number of carbonyl (C=O) groups excluding carboxylic acids is 2. The van der Waals surface area contributed by atoms with Gasteiger partial charge in [0.15, 0.2) is 6.61 Å². The van der Waals surface area contributed by atoms with Crippen LogP contribution in [-0.2, 0) is 26.0 Å². The molecule has 0 saturated carbocycles. The van der Waals surface area contributed by atoms with Crippen molar-refractivity contribution in [3.05, 3.63) is 53.6 Å². The van der Waals surface area contributed by atoms with E-state index in [1.165, 1.54) is 29.6 Å². The predicted molar refractivity (Wildman–Crippen MR) is 123 cm³/mol. The lowest BCUT2D eigenvalue weighted by atomic mass is 10.0. The van der Waals surface area contributed by atoms with E-state index < -0.39 is 22.6 Å². The molecule has 2 aromatic rings. The van der Waals surface area contributed by atoms with Crippen LogP contribution >= 0.6 is 0 Å². The number of rotatable bonds is 6. The van der Waals surface area contributed by atoms with Crippen LogP contribution in [0.4, 0.5) is 5.69 Å². The Morgan fingerprint density at radius 1 is 1.09 bits per heavy atom. The second-order valence-electron chi connectivity index (χ2n) is 8.33. The summed E-state index contributed by atoms with van der Waals surface area (Å²) in [5.41, 5.74) is 1.56. The molecule has 2 aromatic carbocycles. The Kier molecular flexibility index (Phi) is 6.60. The van der Waals surface area contributed by atoms with Crippen molar-refractivity contribution >= 4 is 27.6 Å². The van der Waals surface area contributed by atoms with Gasteiger partial charge in [-0.05, 0) is 62.4 Å². The van der Waals surface area contributed by atoms with Gasteiger partial charge in [0.25, 0.3) is 15.9 Å². The first kappa shape index (κ1) is 23.1. The quantitative estimate of drug-likeness (QED) is 0.600. The van der Waals surface area contributed by atoms with Gasteiger partial charge in [0, 0.05) is 19.1 Å². The summed E-state index contributed by atoms with van der Waals surface area (Å²) < 4.78 is 38.6. The second-order valence-corrected chi connectivity index (χ2v) is 10.2. The minimum atomic E-state index is -3.89. The number of nitrogens with zero attached hydrogens (tertiary/aromatic N) is 2. The summed E-state index contributed by atoms with van der Waals surface area (Å²) in [5, 5.41) is 0. The predicted octanol–water partition coefficient (Wildman–Crippen LogP) is 3.00. The van der Waals surface area contributed by atoms with Crippen molar-refractivity contribution in [3.63, 3.8) is 0 Å². The lowest BCUT2D eigenvalue weighted by Crippen LogP contribution is -2.44. The standard InChI is InChI=1S/C24H28N2O6S/c1-17-7-5-6-13-25(17)23(27)16-32-24(28)20-15-19(10-11-22(20)31-2)33(29,30)26-14-12-18-8-3-4-9-21(18)26/h3-4,8-11,15,17H,5-7,12-14,16H2,1-2H3. The molecule has 0 N–H and O–H groups in total. The highest BCUT2D eigenvalue weighted by molar-refractivity contribution is 7.92. The van der Waals surface area contributed by atoms with Gasteiger partial charge in [-0.1, -0.05) is 18.2 Å². The molecule has 0 aromatic heterocycles. The zero-order valence-electron chi connectivity index (χ0n) is 18.8. The van der Waals surface area contributed by atoms with E-state index in [1.807, 2.05) is 19.1 Å². The number of piperidine rings is 1. The van der Waals surface area contributed by atoms with Crippen molar-refractivity contribution in [2.45, 2.75) is 43.5 Å². The Hall–Kier alpha value is -3.07. The number of sulfonamides is 1. The number of hydrogen-bond acceptors (Lipinski definition) is 6. The number of anilines is 1. The van der Waals surface area contributed by atoms with Gasteiger partial charge in [0.2, 0.25) is 0 Å². The highest BCUT2D eigenvalue weighted by Gasteiger charge is 2.32. The number of ether oxygens (including phenoxy) is 2. The molecule has 33 heavy (non-hydrogen) atoms. The molecule has 8 nitrogen and oxygen atoms in total. The van der Waals surface area contributed by atoms with Gasteiger partial charge < -0.3 is 14.4 Å². The number of likely N-dealkylation sites (tertiary alicyclic amines) is 1. The number of para-hydroxylation sites is 1. The van der Waals surface area contributed by atoms with Crippen LogP contribution in [-0.4, -0.2) is 58.0 Å². The molecule has 1 saturated heterocycles. The minimum absolute atomic E-state index is 0.0365. The van der Waals surface area contributed by atoms with Gasteiger partial charge >= 0.3 is 5.97 Å². The summed E-state index contributed by atoms with van der Waals surface area (Å²) in [6.45, 7) is 2.55. The van der Waals surface area contributed by atoms with Crippen molar-refractivity contribution in [3.8, 4) is 5.75 Å². The summed E-state index contributed by atoms with van der Waals surface area (Å²) in [4.78, 5) is 27.0. The van der Waals surface area contributed by atoms with Gasteiger partial charge in [0.05, 0.1) is 17.7 Å². The topological polar surface area (TPSA) is 93.2 Å². The average molecular weight is 473 g/mol. The number of amides is 1. The first-order valence-electron chi connectivity index (χ1n) is 11.1. The van der Waals surface area contributed by atoms with Crippen molar-refractivity contribution in [1.29, 1.82) is 0 Å². The van der Waals surface area contributed by atoms with Crippen LogP contribution in [0.2, 0.25) is 0 Å². The molecule has 0 spiro atoms. The molecule has 1 fully saturated rings.